The Bertz CT molecular complexity index is 385. The standard InChI is InChI=1S/C9H10ClN3/c1-5-2-3-7-6(8(5)10)4-12-9(11)13-7/h2-3H,4H2,1H3,(H3,11,12,13). The lowest BCUT2D eigenvalue weighted by Crippen LogP contribution is -2.26. The lowest BCUT2D eigenvalue weighted by molar-refractivity contribution is 1.04. The number of guanidine groups is 1. The maximum Gasteiger partial charge on any atom is 0.193 e. The molecule has 3 N–H and O–H groups in total. The highest BCUT2D eigenvalue weighted by molar-refractivity contribution is 6.32. The van der Waals surface area contributed by atoms with Crippen molar-refractivity contribution >= 4 is 23.2 Å². The first kappa shape index (κ1) is 8.38. The van der Waals surface area contributed by atoms with Gasteiger partial charge in [-0.2, -0.15) is 0 Å². The number of aliphatic imine (C=N–C) groups is 1. The van der Waals surface area contributed by atoms with Crippen molar-refractivity contribution in [2.24, 2.45) is 10.7 Å². The third kappa shape index (κ3) is 1.35. The van der Waals surface area contributed by atoms with E-state index >= 15 is 0 Å². The first-order chi connectivity index (χ1) is 6.18. The summed E-state index contributed by atoms with van der Waals surface area (Å²) in [6, 6.07) is 3.94. The van der Waals surface area contributed by atoms with Gasteiger partial charge in [0.05, 0.1) is 11.6 Å². The number of benzene rings is 1. The molecule has 4 heteroatoms. The van der Waals surface area contributed by atoms with E-state index in [2.05, 4.69) is 10.3 Å². The van der Waals surface area contributed by atoms with Gasteiger partial charge in [-0.3, -0.25) is 0 Å². The minimum atomic E-state index is 0.451. The number of nitrogens with zero attached hydrogens (tertiary/aromatic N) is 1. The lowest BCUT2D eigenvalue weighted by Gasteiger charge is -2.17. The van der Waals surface area contributed by atoms with Crippen LogP contribution in [0.4, 0.5) is 5.69 Å². The van der Waals surface area contributed by atoms with Crippen molar-refractivity contribution in [1.29, 1.82) is 0 Å². The largest absolute Gasteiger partial charge is 0.370 e. The van der Waals surface area contributed by atoms with Crippen molar-refractivity contribution in [3.8, 4) is 0 Å². The number of hydrogen-bond donors (Lipinski definition) is 2. The molecule has 1 heterocycles. The molecule has 0 saturated carbocycles. The predicted octanol–water partition coefficient (Wildman–Crippen LogP) is 1.89. The highest BCUT2D eigenvalue weighted by Crippen LogP contribution is 2.30. The molecule has 1 aliphatic rings. The van der Waals surface area contributed by atoms with Crippen LogP contribution in [0.3, 0.4) is 0 Å². The quantitative estimate of drug-likeness (QED) is 0.664. The fraction of sp³-hybridized carbons (Fsp3) is 0.222. The van der Waals surface area contributed by atoms with Crippen LogP contribution in [-0.4, -0.2) is 5.96 Å². The Kier molecular flexibility index (Phi) is 1.88. The summed E-state index contributed by atoms with van der Waals surface area (Å²) in [7, 11) is 0. The van der Waals surface area contributed by atoms with E-state index in [1.807, 2.05) is 19.1 Å². The zero-order valence-electron chi connectivity index (χ0n) is 7.26. The van der Waals surface area contributed by atoms with E-state index in [-0.39, 0.29) is 0 Å². The number of halogens is 1. The minimum Gasteiger partial charge on any atom is -0.370 e. The molecular formula is C9H10ClN3. The minimum absolute atomic E-state index is 0.451. The van der Waals surface area contributed by atoms with E-state index in [4.69, 9.17) is 17.3 Å². The summed E-state index contributed by atoms with van der Waals surface area (Å²) in [5.41, 5.74) is 8.59. The average molecular weight is 196 g/mol. The van der Waals surface area contributed by atoms with Gasteiger partial charge in [0.25, 0.3) is 0 Å². The molecule has 13 heavy (non-hydrogen) atoms. The van der Waals surface area contributed by atoms with E-state index in [0.29, 0.717) is 12.5 Å². The second kappa shape index (κ2) is 2.92. The Balaban J connectivity index is 2.53. The zero-order chi connectivity index (χ0) is 9.42. The van der Waals surface area contributed by atoms with E-state index < -0.39 is 0 Å². The molecule has 0 aliphatic carbocycles. The number of nitrogens with two attached hydrogens (primary N) is 1. The van der Waals surface area contributed by atoms with Gasteiger partial charge in [0, 0.05) is 11.3 Å². The summed E-state index contributed by atoms with van der Waals surface area (Å²) in [5, 5.41) is 3.75. The summed E-state index contributed by atoms with van der Waals surface area (Å²) in [5.74, 6) is 0.451. The van der Waals surface area contributed by atoms with Crippen LogP contribution in [0.1, 0.15) is 11.1 Å². The number of aryl methyl sites for hydroxylation is 1. The Hall–Kier alpha value is -1.22. The van der Waals surface area contributed by atoms with Crippen LogP contribution in [0.25, 0.3) is 0 Å². The predicted molar refractivity (Wildman–Crippen MR) is 55.1 cm³/mol. The Labute approximate surface area is 81.6 Å². The number of rotatable bonds is 0. The van der Waals surface area contributed by atoms with Crippen molar-refractivity contribution in [3.63, 3.8) is 0 Å². The molecular weight excluding hydrogens is 186 g/mol. The molecule has 0 atom stereocenters. The van der Waals surface area contributed by atoms with Crippen molar-refractivity contribution in [1.82, 2.24) is 0 Å². The van der Waals surface area contributed by atoms with Crippen molar-refractivity contribution in [2.75, 3.05) is 5.32 Å². The fourth-order valence-electron chi connectivity index (χ4n) is 1.35. The normalized spacial score (nSPS) is 14.5. The molecule has 0 bridgehead atoms. The van der Waals surface area contributed by atoms with Crippen LogP contribution in [0.2, 0.25) is 5.02 Å². The second-order valence-electron chi connectivity index (χ2n) is 3.05. The smallest absolute Gasteiger partial charge is 0.193 e. The van der Waals surface area contributed by atoms with Crippen LogP contribution in [0, 0.1) is 6.92 Å². The highest BCUT2D eigenvalue weighted by Gasteiger charge is 2.13. The van der Waals surface area contributed by atoms with Gasteiger partial charge in [0.15, 0.2) is 5.96 Å². The molecule has 0 unspecified atom stereocenters. The van der Waals surface area contributed by atoms with Crippen molar-refractivity contribution in [2.45, 2.75) is 13.5 Å². The van der Waals surface area contributed by atoms with Crippen molar-refractivity contribution in [3.05, 3.63) is 28.3 Å². The average Bonchev–Trinajstić information content (AvgIpc) is 2.12. The van der Waals surface area contributed by atoms with Gasteiger partial charge >= 0.3 is 0 Å². The molecule has 1 aliphatic heterocycles. The molecule has 1 aromatic rings. The summed E-state index contributed by atoms with van der Waals surface area (Å²) < 4.78 is 0. The van der Waals surface area contributed by atoms with Gasteiger partial charge in [-0.15, -0.1) is 0 Å². The molecule has 1 aromatic carbocycles. The maximum atomic E-state index is 6.11. The molecule has 0 aromatic heterocycles. The number of hydrogen-bond acceptors (Lipinski definition) is 3. The molecule has 0 radical (unpaired) electrons. The first-order valence-electron chi connectivity index (χ1n) is 4.03. The van der Waals surface area contributed by atoms with E-state index in [1.54, 1.807) is 0 Å². The topological polar surface area (TPSA) is 50.4 Å². The summed E-state index contributed by atoms with van der Waals surface area (Å²) in [6.07, 6.45) is 0. The second-order valence-corrected chi connectivity index (χ2v) is 3.43. The van der Waals surface area contributed by atoms with E-state index in [9.17, 15) is 0 Å². The molecule has 68 valence electrons. The number of anilines is 1. The van der Waals surface area contributed by atoms with Gasteiger partial charge < -0.3 is 11.1 Å². The molecule has 0 spiro atoms. The van der Waals surface area contributed by atoms with Crippen LogP contribution in [-0.2, 0) is 6.54 Å². The Morgan fingerprint density at radius 3 is 3.08 bits per heavy atom. The van der Waals surface area contributed by atoms with Crippen LogP contribution >= 0.6 is 11.6 Å². The van der Waals surface area contributed by atoms with Gasteiger partial charge in [0.1, 0.15) is 0 Å². The Morgan fingerprint density at radius 1 is 1.54 bits per heavy atom. The maximum absolute atomic E-state index is 6.11. The van der Waals surface area contributed by atoms with Gasteiger partial charge in [0.2, 0.25) is 0 Å². The van der Waals surface area contributed by atoms with Gasteiger partial charge in [-0.1, -0.05) is 17.7 Å². The van der Waals surface area contributed by atoms with E-state index in [1.165, 1.54) is 0 Å². The van der Waals surface area contributed by atoms with Crippen LogP contribution in [0.15, 0.2) is 17.1 Å². The SMILES string of the molecule is Cc1ccc2c(c1Cl)CN=C(N)N2. The summed E-state index contributed by atoms with van der Waals surface area (Å²) in [6.45, 7) is 2.54. The Morgan fingerprint density at radius 2 is 2.31 bits per heavy atom. The molecule has 0 fully saturated rings. The first-order valence-corrected chi connectivity index (χ1v) is 4.41. The molecule has 0 amide bonds. The summed E-state index contributed by atoms with van der Waals surface area (Å²) in [4.78, 5) is 4.07. The lowest BCUT2D eigenvalue weighted by atomic mass is 10.1. The highest BCUT2D eigenvalue weighted by atomic mass is 35.5. The van der Waals surface area contributed by atoms with Gasteiger partial charge in [-0.05, 0) is 18.6 Å². The molecule has 0 saturated heterocycles. The van der Waals surface area contributed by atoms with Crippen molar-refractivity contribution < 1.29 is 0 Å². The third-order valence-electron chi connectivity index (χ3n) is 2.11. The third-order valence-corrected chi connectivity index (χ3v) is 2.63. The monoisotopic (exact) mass is 195 g/mol. The number of fused-ring (bicyclic) bond motifs is 1. The molecule has 3 nitrogen and oxygen atoms in total. The summed E-state index contributed by atoms with van der Waals surface area (Å²) >= 11 is 6.11. The number of nitrogens with one attached hydrogen (secondary N) is 1. The van der Waals surface area contributed by atoms with Crippen LogP contribution < -0.4 is 11.1 Å². The molecule has 2 rings (SSSR count). The van der Waals surface area contributed by atoms with E-state index in [0.717, 1.165) is 21.8 Å². The van der Waals surface area contributed by atoms with Gasteiger partial charge in [-0.25, -0.2) is 4.99 Å². The van der Waals surface area contributed by atoms with Crippen LogP contribution in [0.5, 0.6) is 0 Å². The fourth-order valence-corrected chi connectivity index (χ4v) is 1.58. The zero-order valence-corrected chi connectivity index (χ0v) is 8.02.